The van der Waals surface area contributed by atoms with E-state index in [1.807, 2.05) is 12.1 Å². The zero-order valence-corrected chi connectivity index (χ0v) is 11.0. The van der Waals surface area contributed by atoms with Gasteiger partial charge in [0.25, 0.3) is 0 Å². The second-order valence-electron chi connectivity index (χ2n) is 4.68. The summed E-state index contributed by atoms with van der Waals surface area (Å²) in [4.78, 5) is 11.6. The molecular weight excluding hydrogens is 228 g/mol. The summed E-state index contributed by atoms with van der Waals surface area (Å²) in [6.07, 6.45) is 1.94. The molecule has 0 bridgehead atoms. The summed E-state index contributed by atoms with van der Waals surface area (Å²) >= 11 is 0. The lowest BCUT2D eigenvalue weighted by molar-refractivity contribution is -0.124. The van der Waals surface area contributed by atoms with Crippen LogP contribution in [0.5, 0.6) is 5.75 Å². The number of aryl methyl sites for hydroxylation is 1. The summed E-state index contributed by atoms with van der Waals surface area (Å²) in [5.74, 6) is 0.970. The van der Waals surface area contributed by atoms with Crippen LogP contribution in [-0.4, -0.2) is 25.6 Å². The number of amides is 1. The maximum atomic E-state index is 11.6. The molecule has 1 atom stereocenters. The van der Waals surface area contributed by atoms with Crippen LogP contribution in [0, 0.1) is 6.92 Å². The highest BCUT2D eigenvalue weighted by Gasteiger charge is 2.21. The van der Waals surface area contributed by atoms with Crippen molar-refractivity contribution in [2.75, 3.05) is 13.7 Å². The van der Waals surface area contributed by atoms with Gasteiger partial charge in [0, 0.05) is 18.7 Å². The van der Waals surface area contributed by atoms with Crippen molar-refractivity contribution >= 4 is 5.91 Å². The zero-order valence-electron chi connectivity index (χ0n) is 11.0. The van der Waals surface area contributed by atoms with E-state index in [1.165, 1.54) is 5.56 Å². The van der Waals surface area contributed by atoms with Gasteiger partial charge in [-0.2, -0.15) is 0 Å². The first kappa shape index (κ1) is 12.9. The Kier molecular flexibility index (Phi) is 4.20. The van der Waals surface area contributed by atoms with Crippen LogP contribution in [0.25, 0.3) is 0 Å². The molecule has 1 aromatic carbocycles. The summed E-state index contributed by atoms with van der Waals surface area (Å²) in [5.41, 5.74) is 2.29. The maximum absolute atomic E-state index is 11.6. The third-order valence-electron chi connectivity index (χ3n) is 3.26. The van der Waals surface area contributed by atoms with Gasteiger partial charge in [0.05, 0.1) is 13.2 Å². The van der Waals surface area contributed by atoms with Crippen molar-refractivity contribution in [1.82, 2.24) is 10.6 Å². The van der Waals surface area contributed by atoms with Gasteiger partial charge in [0.2, 0.25) is 5.91 Å². The lowest BCUT2D eigenvalue weighted by atomic mass is 10.1. The van der Waals surface area contributed by atoms with E-state index in [-0.39, 0.29) is 11.9 Å². The SMILES string of the molecule is COc1ccc(C)cc1CNC1CCCNC1=O. The highest BCUT2D eigenvalue weighted by molar-refractivity contribution is 5.82. The fraction of sp³-hybridized carbons (Fsp3) is 0.500. The third-order valence-corrected chi connectivity index (χ3v) is 3.26. The second-order valence-corrected chi connectivity index (χ2v) is 4.68. The second kappa shape index (κ2) is 5.87. The number of piperidine rings is 1. The number of carbonyl (C=O) groups is 1. The summed E-state index contributed by atoms with van der Waals surface area (Å²) in [5, 5.41) is 6.17. The summed E-state index contributed by atoms with van der Waals surface area (Å²) in [7, 11) is 1.67. The minimum atomic E-state index is -0.0797. The van der Waals surface area contributed by atoms with Crippen LogP contribution in [0.4, 0.5) is 0 Å². The fourth-order valence-corrected chi connectivity index (χ4v) is 2.25. The highest BCUT2D eigenvalue weighted by Crippen LogP contribution is 2.19. The van der Waals surface area contributed by atoms with Crippen LogP contribution in [0.2, 0.25) is 0 Å². The van der Waals surface area contributed by atoms with E-state index < -0.39 is 0 Å². The molecule has 1 aliphatic rings. The first-order valence-corrected chi connectivity index (χ1v) is 6.35. The van der Waals surface area contributed by atoms with Crippen molar-refractivity contribution in [3.8, 4) is 5.75 Å². The molecule has 98 valence electrons. The molecule has 1 amide bonds. The Labute approximate surface area is 108 Å². The van der Waals surface area contributed by atoms with Gasteiger partial charge < -0.3 is 15.4 Å². The van der Waals surface area contributed by atoms with Crippen molar-refractivity contribution in [2.45, 2.75) is 32.4 Å². The van der Waals surface area contributed by atoms with Gasteiger partial charge in [0.1, 0.15) is 5.75 Å². The fourth-order valence-electron chi connectivity index (χ4n) is 2.25. The predicted octanol–water partition coefficient (Wildman–Crippen LogP) is 1.37. The Morgan fingerprint density at radius 3 is 3.06 bits per heavy atom. The Morgan fingerprint density at radius 2 is 2.33 bits per heavy atom. The molecule has 4 nitrogen and oxygen atoms in total. The molecular formula is C14H20N2O2. The lowest BCUT2D eigenvalue weighted by Gasteiger charge is -2.23. The number of hydrogen-bond donors (Lipinski definition) is 2. The average Bonchev–Trinajstić information content (AvgIpc) is 2.38. The van der Waals surface area contributed by atoms with Crippen LogP contribution < -0.4 is 15.4 Å². The topological polar surface area (TPSA) is 50.4 Å². The van der Waals surface area contributed by atoms with Crippen LogP contribution in [-0.2, 0) is 11.3 Å². The number of rotatable bonds is 4. The largest absolute Gasteiger partial charge is 0.496 e. The number of hydrogen-bond acceptors (Lipinski definition) is 3. The van der Waals surface area contributed by atoms with E-state index in [2.05, 4.69) is 23.6 Å². The molecule has 1 unspecified atom stereocenters. The number of ether oxygens (including phenoxy) is 1. The van der Waals surface area contributed by atoms with Crippen LogP contribution in [0.1, 0.15) is 24.0 Å². The number of benzene rings is 1. The van der Waals surface area contributed by atoms with Crippen molar-refractivity contribution in [3.05, 3.63) is 29.3 Å². The monoisotopic (exact) mass is 248 g/mol. The van der Waals surface area contributed by atoms with E-state index in [0.29, 0.717) is 6.54 Å². The Hall–Kier alpha value is -1.55. The Morgan fingerprint density at radius 1 is 1.50 bits per heavy atom. The van der Waals surface area contributed by atoms with Gasteiger partial charge in [-0.05, 0) is 25.8 Å². The van der Waals surface area contributed by atoms with Crippen molar-refractivity contribution in [2.24, 2.45) is 0 Å². The van der Waals surface area contributed by atoms with Gasteiger partial charge in [-0.25, -0.2) is 0 Å². The molecule has 4 heteroatoms. The van der Waals surface area contributed by atoms with Crippen molar-refractivity contribution in [3.63, 3.8) is 0 Å². The van der Waals surface area contributed by atoms with E-state index in [1.54, 1.807) is 7.11 Å². The third kappa shape index (κ3) is 3.01. The molecule has 1 aliphatic heterocycles. The molecule has 0 radical (unpaired) electrons. The van der Waals surface area contributed by atoms with Gasteiger partial charge in [-0.15, -0.1) is 0 Å². The average molecular weight is 248 g/mol. The molecule has 1 saturated heterocycles. The Bertz CT molecular complexity index is 432. The minimum Gasteiger partial charge on any atom is -0.496 e. The van der Waals surface area contributed by atoms with Crippen LogP contribution >= 0.6 is 0 Å². The molecule has 18 heavy (non-hydrogen) atoms. The van der Waals surface area contributed by atoms with Gasteiger partial charge in [0.15, 0.2) is 0 Å². The summed E-state index contributed by atoms with van der Waals surface area (Å²) in [6, 6.07) is 6.00. The first-order chi connectivity index (χ1) is 8.70. The molecule has 1 heterocycles. The van der Waals surface area contributed by atoms with E-state index in [0.717, 1.165) is 30.7 Å². The van der Waals surface area contributed by atoms with Gasteiger partial charge in [-0.1, -0.05) is 17.7 Å². The molecule has 1 aromatic rings. The minimum absolute atomic E-state index is 0.0797. The van der Waals surface area contributed by atoms with Gasteiger partial charge >= 0.3 is 0 Å². The molecule has 0 spiro atoms. The summed E-state index contributed by atoms with van der Waals surface area (Å²) in [6.45, 7) is 3.50. The van der Waals surface area contributed by atoms with Crippen LogP contribution in [0.3, 0.4) is 0 Å². The Balaban J connectivity index is 2.00. The van der Waals surface area contributed by atoms with Crippen molar-refractivity contribution in [1.29, 1.82) is 0 Å². The predicted molar refractivity (Wildman–Crippen MR) is 70.6 cm³/mol. The summed E-state index contributed by atoms with van der Waals surface area (Å²) < 4.78 is 5.33. The zero-order chi connectivity index (χ0) is 13.0. The smallest absolute Gasteiger partial charge is 0.237 e. The number of carbonyl (C=O) groups excluding carboxylic acids is 1. The van der Waals surface area contributed by atoms with Gasteiger partial charge in [-0.3, -0.25) is 4.79 Å². The van der Waals surface area contributed by atoms with Crippen LogP contribution in [0.15, 0.2) is 18.2 Å². The maximum Gasteiger partial charge on any atom is 0.237 e. The molecule has 0 aromatic heterocycles. The van der Waals surface area contributed by atoms with E-state index in [4.69, 9.17) is 4.74 Å². The number of methoxy groups -OCH3 is 1. The standard InChI is InChI=1S/C14H20N2O2/c1-10-5-6-13(18-2)11(8-10)9-16-12-4-3-7-15-14(12)17/h5-6,8,12,16H,3-4,7,9H2,1-2H3,(H,15,17). The van der Waals surface area contributed by atoms with E-state index >= 15 is 0 Å². The highest BCUT2D eigenvalue weighted by atomic mass is 16.5. The molecule has 0 aliphatic carbocycles. The first-order valence-electron chi connectivity index (χ1n) is 6.35. The number of nitrogens with one attached hydrogen (secondary N) is 2. The van der Waals surface area contributed by atoms with Crippen molar-refractivity contribution < 1.29 is 9.53 Å². The molecule has 2 rings (SSSR count). The lowest BCUT2D eigenvalue weighted by Crippen LogP contribution is -2.47. The normalized spacial score (nSPS) is 19.4. The molecule has 0 saturated carbocycles. The molecule has 2 N–H and O–H groups in total. The quantitative estimate of drug-likeness (QED) is 0.846. The molecule has 1 fully saturated rings. The van der Waals surface area contributed by atoms with E-state index in [9.17, 15) is 4.79 Å².